The van der Waals surface area contributed by atoms with Crippen LogP contribution in [0.15, 0.2) is 0 Å². The molecule has 1 amide bonds. The molecule has 2 heterocycles. The van der Waals surface area contributed by atoms with E-state index in [0.29, 0.717) is 22.4 Å². The molecule has 1 fully saturated rings. The van der Waals surface area contributed by atoms with E-state index >= 15 is 0 Å². The molecule has 1 N–H and O–H groups in total. The molecule has 0 spiro atoms. The topological polar surface area (TPSA) is 74.8 Å². The zero-order valence-corrected chi connectivity index (χ0v) is 8.06. The van der Waals surface area contributed by atoms with Gasteiger partial charge in [0.25, 0.3) is 0 Å². The number of hydrogen-bond acceptors (Lipinski definition) is 6. The van der Waals surface area contributed by atoms with Gasteiger partial charge in [0.15, 0.2) is 5.82 Å². The van der Waals surface area contributed by atoms with Crippen LogP contribution in [0.5, 0.6) is 0 Å². The third-order valence-corrected chi connectivity index (χ3v) is 2.97. The highest BCUT2D eigenvalue weighted by molar-refractivity contribution is 8.23. The summed E-state index contributed by atoms with van der Waals surface area (Å²) in [6, 6.07) is 0. The smallest absolute Gasteiger partial charge is 0.238 e. The van der Waals surface area contributed by atoms with Crippen LogP contribution < -0.4 is 0 Å². The summed E-state index contributed by atoms with van der Waals surface area (Å²) >= 11 is 6.34. The van der Waals surface area contributed by atoms with Gasteiger partial charge in [-0.3, -0.25) is 9.69 Å². The first-order valence-electron chi connectivity index (χ1n) is 3.47. The lowest BCUT2D eigenvalue weighted by molar-refractivity contribution is -0.124. The minimum Gasteiger partial charge on any atom is -0.289 e. The van der Waals surface area contributed by atoms with Crippen molar-refractivity contribution < 1.29 is 4.79 Å². The summed E-state index contributed by atoms with van der Waals surface area (Å²) in [5.41, 5.74) is 0. The van der Waals surface area contributed by atoms with Gasteiger partial charge in [0.2, 0.25) is 5.91 Å². The fraction of sp³-hybridized carbons (Fsp3) is 0.400. The number of carbonyl (C=O) groups is 1. The maximum Gasteiger partial charge on any atom is 0.238 e. The maximum atomic E-state index is 11.2. The highest BCUT2D eigenvalue weighted by atomic mass is 32.2. The van der Waals surface area contributed by atoms with E-state index in [-0.39, 0.29) is 5.91 Å². The predicted octanol–water partition coefficient (Wildman–Crippen LogP) is -0.440. The summed E-state index contributed by atoms with van der Waals surface area (Å²) < 4.78 is 0.585. The van der Waals surface area contributed by atoms with Crippen LogP contribution in [0.4, 0.5) is 0 Å². The van der Waals surface area contributed by atoms with Crippen molar-refractivity contribution in [2.24, 2.45) is 0 Å². The van der Waals surface area contributed by atoms with Crippen LogP contribution >= 0.6 is 24.0 Å². The zero-order valence-electron chi connectivity index (χ0n) is 6.43. The van der Waals surface area contributed by atoms with E-state index in [2.05, 4.69) is 20.6 Å². The lowest BCUT2D eigenvalue weighted by Crippen LogP contribution is -2.28. The van der Waals surface area contributed by atoms with Gasteiger partial charge in [-0.2, -0.15) is 0 Å². The second kappa shape index (κ2) is 3.38. The highest BCUT2D eigenvalue weighted by Gasteiger charge is 2.27. The molecule has 6 nitrogen and oxygen atoms in total. The number of nitrogens with one attached hydrogen (secondary N) is 1. The number of tetrazole rings is 1. The van der Waals surface area contributed by atoms with E-state index in [0.717, 1.165) is 0 Å². The molecule has 0 bridgehead atoms. The standard InChI is InChI=1S/C5H5N5OS2/c11-4-2-13-5(12)10(4)1-3-6-8-9-7-3/h1-2H2,(H,6,7,8,9). The Morgan fingerprint density at radius 2 is 2.54 bits per heavy atom. The van der Waals surface area contributed by atoms with Crippen LogP contribution in [0.25, 0.3) is 0 Å². The Balaban J connectivity index is 2.09. The number of H-pyrrole nitrogens is 1. The Morgan fingerprint density at radius 1 is 1.69 bits per heavy atom. The Kier molecular flexibility index (Phi) is 2.23. The second-order valence-corrected chi connectivity index (χ2v) is 3.99. The molecule has 8 heteroatoms. The van der Waals surface area contributed by atoms with Gasteiger partial charge < -0.3 is 0 Å². The predicted molar refractivity (Wildman–Crippen MR) is 49.8 cm³/mol. The Labute approximate surface area is 83.1 Å². The summed E-state index contributed by atoms with van der Waals surface area (Å²) in [4.78, 5) is 12.7. The summed E-state index contributed by atoms with van der Waals surface area (Å²) in [5, 5.41) is 13.1. The normalized spacial score (nSPS) is 17.1. The molecule has 0 aromatic carbocycles. The summed E-state index contributed by atoms with van der Waals surface area (Å²) in [5.74, 6) is 0.963. The number of aromatic amines is 1. The molecule has 2 rings (SSSR count). The van der Waals surface area contributed by atoms with Crippen LogP contribution in [0, 0.1) is 0 Å². The summed E-state index contributed by atoms with van der Waals surface area (Å²) in [7, 11) is 0. The molecular formula is C5H5N5OS2. The van der Waals surface area contributed by atoms with E-state index < -0.39 is 0 Å². The molecule has 1 aromatic heterocycles. The van der Waals surface area contributed by atoms with Gasteiger partial charge >= 0.3 is 0 Å². The Hall–Kier alpha value is -1.02. The van der Waals surface area contributed by atoms with Crippen LogP contribution in [-0.4, -0.2) is 41.5 Å². The molecule has 1 saturated heterocycles. The van der Waals surface area contributed by atoms with Gasteiger partial charge in [-0.05, 0) is 10.4 Å². The van der Waals surface area contributed by atoms with Crippen molar-refractivity contribution in [3.8, 4) is 0 Å². The number of rotatable bonds is 2. The van der Waals surface area contributed by atoms with Crippen LogP contribution in [0.2, 0.25) is 0 Å². The second-order valence-electron chi connectivity index (χ2n) is 2.38. The average molecular weight is 215 g/mol. The number of thioether (sulfide) groups is 1. The lowest BCUT2D eigenvalue weighted by Gasteiger charge is -2.11. The van der Waals surface area contributed by atoms with E-state index in [1.807, 2.05) is 0 Å². The van der Waals surface area contributed by atoms with Crippen molar-refractivity contribution >= 4 is 34.2 Å². The summed E-state index contributed by atoms with van der Waals surface area (Å²) in [6.07, 6.45) is 0. The summed E-state index contributed by atoms with van der Waals surface area (Å²) in [6.45, 7) is 0.331. The highest BCUT2D eigenvalue weighted by Crippen LogP contribution is 2.20. The van der Waals surface area contributed by atoms with E-state index in [1.54, 1.807) is 0 Å². The molecule has 0 radical (unpaired) electrons. The maximum absolute atomic E-state index is 11.2. The SMILES string of the molecule is O=C1CSC(=S)N1Cc1nnn[nH]1. The Morgan fingerprint density at radius 3 is 3.08 bits per heavy atom. The van der Waals surface area contributed by atoms with Gasteiger partial charge in [0, 0.05) is 0 Å². The molecule has 1 aromatic rings. The quantitative estimate of drug-likeness (QED) is 0.674. The van der Waals surface area contributed by atoms with Gasteiger partial charge in [-0.1, -0.05) is 24.0 Å². The van der Waals surface area contributed by atoms with Crippen molar-refractivity contribution in [3.63, 3.8) is 0 Å². The third-order valence-electron chi connectivity index (χ3n) is 1.54. The fourth-order valence-electron chi connectivity index (χ4n) is 0.929. The number of nitrogens with zero attached hydrogens (tertiary/aromatic N) is 4. The van der Waals surface area contributed by atoms with E-state index in [9.17, 15) is 4.79 Å². The zero-order chi connectivity index (χ0) is 9.26. The number of carbonyl (C=O) groups excluding carboxylic acids is 1. The molecular weight excluding hydrogens is 210 g/mol. The molecule has 1 aliphatic rings. The van der Waals surface area contributed by atoms with Crippen LogP contribution in [-0.2, 0) is 11.3 Å². The molecule has 68 valence electrons. The van der Waals surface area contributed by atoms with Crippen molar-refractivity contribution in [2.45, 2.75) is 6.54 Å². The average Bonchev–Trinajstić information content (AvgIpc) is 2.70. The lowest BCUT2D eigenvalue weighted by atomic mass is 10.5. The van der Waals surface area contributed by atoms with E-state index in [1.165, 1.54) is 16.7 Å². The molecule has 0 atom stereocenters. The van der Waals surface area contributed by atoms with Crippen molar-refractivity contribution in [2.75, 3.05) is 5.75 Å². The molecule has 0 saturated carbocycles. The first-order valence-corrected chi connectivity index (χ1v) is 4.86. The molecule has 1 aliphatic heterocycles. The van der Waals surface area contributed by atoms with Gasteiger partial charge in [-0.15, -0.1) is 5.10 Å². The van der Waals surface area contributed by atoms with Crippen LogP contribution in [0.3, 0.4) is 0 Å². The van der Waals surface area contributed by atoms with Crippen molar-refractivity contribution in [3.05, 3.63) is 5.82 Å². The number of thiocarbonyl (C=S) groups is 1. The van der Waals surface area contributed by atoms with E-state index in [4.69, 9.17) is 12.2 Å². The first kappa shape index (κ1) is 8.57. The largest absolute Gasteiger partial charge is 0.289 e. The monoisotopic (exact) mass is 215 g/mol. The number of amides is 1. The third kappa shape index (κ3) is 1.68. The number of hydrogen-bond donors (Lipinski definition) is 1. The fourth-order valence-corrected chi connectivity index (χ4v) is 2.00. The molecule has 13 heavy (non-hydrogen) atoms. The molecule has 0 aliphatic carbocycles. The first-order chi connectivity index (χ1) is 6.27. The van der Waals surface area contributed by atoms with Crippen molar-refractivity contribution in [1.29, 1.82) is 0 Å². The van der Waals surface area contributed by atoms with Crippen molar-refractivity contribution in [1.82, 2.24) is 25.5 Å². The van der Waals surface area contributed by atoms with Gasteiger partial charge in [-0.25, -0.2) is 5.10 Å². The molecule has 0 unspecified atom stereocenters. The minimum atomic E-state index is 0.00593. The Bertz CT molecular complexity index is 321. The minimum absolute atomic E-state index is 0.00593. The van der Waals surface area contributed by atoms with Crippen LogP contribution in [0.1, 0.15) is 5.82 Å². The van der Waals surface area contributed by atoms with Gasteiger partial charge in [0.1, 0.15) is 4.32 Å². The van der Waals surface area contributed by atoms with Gasteiger partial charge in [0.05, 0.1) is 12.3 Å². The number of aromatic nitrogens is 4.